The third-order valence-corrected chi connectivity index (χ3v) is 3.86. The van der Waals surface area contributed by atoms with Crippen LogP contribution in [0.3, 0.4) is 0 Å². The van der Waals surface area contributed by atoms with Gasteiger partial charge in [-0.2, -0.15) is 0 Å². The van der Waals surface area contributed by atoms with Gasteiger partial charge in [-0.3, -0.25) is 0 Å². The number of rotatable bonds is 5. The van der Waals surface area contributed by atoms with Gasteiger partial charge in [-0.15, -0.1) is 0 Å². The van der Waals surface area contributed by atoms with E-state index in [0.717, 1.165) is 6.54 Å². The molecular formula is C14H30N2. The van der Waals surface area contributed by atoms with Crippen LogP contribution < -0.4 is 5.73 Å². The van der Waals surface area contributed by atoms with Gasteiger partial charge in [0.2, 0.25) is 0 Å². The van der Waals surface area contributed by atoms with E-state index < -0.39 is 0 Å². The fraction of sp³-hybridized carbons (Fsp3) is 1.00. The maximum Gasteiger partial charge on any atom is 0.00327 e. The minimum Gasteiger partial charge on any atom is -0.330 e. The Morgan fingerprint density at radius 2 is 2.00 bits per heavy atom. The minimum atomic E-state index is 0.325. The zero-order valence-electron chi connectivity index (χ0n) is 11.7. The quantitative estimate of drug-likeness (QED) is 0.781. The Morgan fingerprint density at radius 3 is 2.56 bits per heavy atom. The van der Waals surface area contributed by atoms with E-state index in [1.807, 2.05) is 0 Å². The van der Waals surface area contributed by atoms with Gasteiger partial charge < -0.3 is 10.6 Å². The SMILES string of the molecule is CC(C)(CN)CCCN1CCCC(C)(C)C1. The van der Waals surface area contributed by atoms with Crippen LogP contribution in [0, 0.1) is 10.8 Å². The number of nitrogens with two attached hydrogens (primary N) is 1. The van der Waals surface area contributed by atoms with E-state index >= 15 is 0 Å². The molecule has 2 N–H and O–H groups in total. The molecule has 96 valence electrons. The first kappa shape index (κ1) is 14.0. The van der Waals surface area contributed by atoms with Crippen molar-refractivity contribution < 1.29 is 0 Å². The van der Waals surface area contributed by atoms with Crippen molar-refractivity contribution in [2.45, 2.75) is 53.4 Å². The Balaban J connectivity index is 2.23. The van der Waals surface area contributed by atoms with Gasteiger partial charge >= 0.3 is 0 Å². The summed E-state index contributed by atoms with van der Waals surface area (Å²) in [5, 5.41) is 0. The Bertz CT molecular complexity index is 209. The van der Waals surface area contributed by atoms with Gasteiger partial charge in [0.1, 0.15) is 0 Å². The van der Waals surface area contributed by atoms with E-state index in [1.54, 1.807) is 0 Å². The lowest BCUT2D eigenvalue weighted by Crippen LogP contribution is -2.40. The maximum absolute atomic E-state index is 5.76. The van der Waals surface area contributed by atoms with E-state index in [2.05, 4.69) is 32.6 Å². The van der Waals surface area contributed by atoms with Crippen molar-refractivity contribution in [1.29, 1.82) is 0 Å². The predicted molar refractivity (Wildman–Crippen MR) is 71.5 cm³/mol. The van der Waals surface area contributed by atoms with E-state index in [4.69, 9.17) is 5.73 Å². The highest BCUT2D eigenvalue weighted by Crippen LogP contribution is 2.29. The molecule has 1 rings (SSSR count). The van der Waals surface area contributed by atoms with Gasteiger partial charge in [-0.1, -0.05) is 27.7 Å². The van der Waals surface area contributed by atoms with E-state index in [1.165, 1.54) is 45.3 Å². The molecule has 1 saturated heterocycles. The first-order valence-electron chi connectivity index (χ1n) is 6.77. The largest absolute Gasteiger partial charge is 0.330 e. The van der Waals surface area contributed by atoms with E-state index in [0.29, 0.717) is 10.8 Å². The average molecular weight is 226 g/mol. The van der Waals surface area contributed by atoms with Crippen LogP contribution in [0.25, 0.3) is 0 Å². The van der Waals surface area contributed by atoms with Crippen LogP contribution in [0.15, 0.2) is 0 Å². The fourth-order valence-electron chi connectivity index (χ4n) is 2.62. The molecule has 0 saturated carbocycles. The molecule has 2 heteroatoms. The number of hydrogen-bond donors (Lipinski definition) is 1. The molecule has 0 amide bonds. The molecule has 0 aromatic rings. The molecule has 1 aliphatic heterocycles. The van der Waals surface area contributed by atoms with Crippen LogP contribution >= 0.6 is 0 Å². The normalized spacial score (nSPS) is 22.3. The Morgan fingerprint density at radius 1 is 1.31 bits per heavy atom. The van der Waals surface area contributed by atoms with Crippen LogP contribution in [0.2, 0.25) is 0 Å². The first-order valence-corrected chi connectivity index (χ1v) is 6.77. The lowest BCUT2D eigenvalue weighted by Gasteiger charge is -2.38. The molecule has 1 fully saturated rings. The molecule has 0 aromatic heterocycles. The zero-order chi connectivity index (χ0) is 12.2. The summed E-state index contributed by atoms with van der Waals surface area (Å²) >= 11 is 0. The summed E-state index contributed by atoms with van der Waals surface area (Å²) in [6.45, 7) is 14.0. The monoisotopic (exact) mass is 226 g/mol. The van der Waals surface area contributed by atoms with Crippen LogP contribution in [-0.2, 0) is 0 Å². The predicted octanol–water partition coefficient (Wildman–Crippen LogP) is 2.87. The van der Waals surface area contributed by atoms with Gasteiger partial charge in [-0.05, 0) is 56.1 Å². The standard InChI is InChI=1S/C14H30N2/c1-13(2,11-15)7-5-9-16-10-6-8-14(3,4)12-16/h5-12,15H2,1-4H3. The van der Waals surface area contributed by atoms with Crippen molar-refractivity contribution in [1.82, 2.24) is 4.90 Å². The van der Waals surface area contributed by atoms with Gasteiger partial charge in [0.05, 0.1) is 0 Å². The third kappa shape index (κ3) is 4.84. The second kappa shape index (κ2) is 5.50. The van der Waals surface area contributed by atoms with Gasteiger partial charge in [0.25, 0.3) is 0 Å². The fourth-order valence-corrected chi connectivity index (χ4v) is 2.62. The van der Waals surface area contributed by atoms with Crippen molar-refractivity contribution in [2.75, 3.05) is 26.2 Å². The molecule has 0 radical (unpaired) electrons. The second-order valence-electron chi connectivity index (χ2n) is 7.02. The average Bonchev–Trinajstić information content (AvgIpc) is 2.16. The number of likely N-dealkylation sites (tertiary alicyclic amines) is 1. The highest BCUT2D eigenvalue weighted by Gasteiger charge is 2.26. The highest BCUT2D eigenvalue weighted by atomic mass is 15.1. The summed E-state index contributed by atoms with van der Waals surface area (Å²) in [6.07, 6.45) is 5.30. The van der Waals surface area contributed by atoms with Gasteiger partial charge in [0.15, 0.2) is 0 Å². The van der Waals surface area contributed by atoms with Gasteiger partial charge in [0, 0.05) is 6.54 Å². The molecule has 0 unspecified atom stereocenters. The lowest BCUT2D eigenvalue weighted by molar-refractivity contribution is 0.112. The number of hydrogen-bond acceptors (Lipinski definition) is 2. The Kier molecular flexibility index (Phi) is 4.81. The summed E-state index contributed by atoms with van der Waals surface area (Å²) < 4.78 is 0. The number of piperidine rings is 1. The van der Waals surface area contributed by atoms with Crippen LogP contribution in [0.4, 0.5) is 0 Å². The minimum absolute atomic E-state index is 0.325. The Labute approximate surface area is 102 Å². The molecular weight excluding hydrogens is 196 g/mol. The molecule has 0 aromatic carbocycles. The first-order chi connectivity index (χ1) is 7.35. The summed E-state index contributed by atoms with van der Waals surface area (Å²) in [6, 6.07) is 0. The van der Waals surface area contributed by atoms with Crippen molar-refractivity contribution >= 4 is 0 Å². The smallest absolute Gasteiger partial charge is 0.00327 e. The van der Waals surface area contributed by atoms with Crippen molar-refractivity contribution in [2.24, 2.45) is 16.6 Å². The zero-order valence-corrected chi connectivity index (χ0v) is 11.7. The summed E-state index contributed by atoms with van der Waals surface area (Å²) in [4.78, 5) is 2.64. The van der Waals surface area contributed by atoms with Gasteiger partial charge in [-0.25, -0.2) is 0 Å². The summed E-state index contributed by atoms with van der Waals surface area (Å²) in [5.41, 5.74) is 6.61. The lowest BCUT2D eigenvalue weighted by atomic mass is 9.83. The van der Waals surface area contributed by atoms with Crippen LogP contribution in [0.5, 0.6) is 0 Å². The van der Waals surface area contributed by atoms with Crippen LogP contribution in [0.1, 0.15) is 53.4 Å². The summed E-state index contributed by atoms with van der Waals surface area (Å²) in [5.74, 6) is 0. The molecule has 0 spiro atoms. The highest BCUT2D eigenvalue weighted by molar-refractivity contribution is 4.80. The van der Waals surface area contributed by atoms with E-state index in [9.17, 15) is 0 Å². The molecule has 16 heavy (non-hydrogen) atoms. The molecule has 0 bridgehead atoms. The topological polar surface area (TPSA) is 29.3 Å². The molecule has 0 aliphatic carbocycles. The van der Waals surface area contributed by atoms with Crippen molar-refractivity contribution in [3.05, 3.63) is 0 Å². The molecule has 1 aliphatic rings. The molecule has 2 nitrogen and oxygen atoms in total. The molecule has 0 atom stereocenters. The number of nitrogens with zero attached hydrogens (tertiary/aromatic N) is 1. The maximum atomic E-state index is 5.76. The van der Waals surface area contributed by atoms with Crippen molar-refractivity contribution in [3.63, 3.8) is 0 Å². The molecule has 1 heterocycles. The third-order valence-electron chi connectivity index (χ3n) is 3.86. The second-order valence-corrected chi connectivity index (χ2v) is 7.02. The van der Waals surface area contributed by atoms with Crippen molar-refractivity contribution in [3.8, 4) is 0 Å². The van der Waals surface area contributed by atoms with E-state index in [-0.39, 0.29) is 0 Å². The summed E-state index contributed by atoms with van der Waals surface area (Å²) in [7, 11) is 0. The van der Waals surface area contributed by atoms with Crippen LogP contribution in [-0.4, -0.2) is 31.1 Å². The Hall–Kier alpha value is -0.0800.